The second kappa shape index (κ2) is 3.21. The lowest BCUT2D eigenvalue weighted by Gasteiger charge is -2.26. The minimum Gasteiger partial charge on any atom is -0.307 e. The van der Waals surface area contributed by atoms with E-state index in [1.54, 1.807) is 0 Å². The molecule has 1 fully saturated rings. The molecule has 0 bridgehead atoms. The zero-order valence-electron chi connectivity index (χ0n) is 7.97. The summed E-state index contributed by atoms with van der Waals surface area (Å²) in [7, 11) is 0. The van der Waals surface area contributed by atoms with E-state index in [1.807, 2.05) is 0 Å². The molecule has 1 N–H and O–H groups in total. The van der Waals surface area contributed by atoms with Gasteiger partial charge in [0.15, 0.2) is 0 Å². The van der Waals surface area contributed by atoms with Crippen LogP contribution in [-0.2, 0) is 0 Å². The Morgan fingerprint density at radius 2 is 2.17 bits per heavy atom. The van der Waals surface area contributed by atoms with Crippen LogP contribution in [0.1, 0.15) is 39.0 Å². The molecule has 2 aliphatic rings. The summed E-state index contributed by atoms with van der Waals surface area (Å²) < 4.78 is 0. The summed E-state index contributed by atoms with van der Waals surface area (Å²) in [4.78, 5) is 0. The topological polar surface area (TPSA) is 12.0 Å². The molecule has 1 heteroatoms. The Bertz CT molecular complexity index is 177. The van der Waals surface area contributed by atoms with Crippen molar-refractivity contribution in [1.82, 2.24) is 5.32 Å². The van der Waals surface area contributed by atoms with Crippen LogP contribution in [0.4, 0.5) is 0 Å². The van der Waals surface area contributed by atoms with Crippen LogP contribution in [0.25, 0.3) is 0 Å². The molecular formula is C11H19N. The van der Waals surface area contributed by atoms with Crippen LogP contribution < -0.4 is 5.32 Å². The predicted octanol–water partition coefficient (Wildman–Crippen LogP) is 2.48. The van der Waals surface area contributed by atoms with E-state index in [-0.39, 0.29) is 0 Å². The molecule has 0 saturated heterocycles. The van der Waals surface area contributed by atoms with Gasteiger partial charge in [-0.05, 0) is 24.7 Å². The van der Waals surface area contributed by atoms with Crippen LogP contribution in [0, 0.1) is 5.41 Å². The quantitative estimate of drug-likeness (QED) is 0.620. The van der Waals surface area contributed by atoms with E-state index in [4.69, 9.17) is 0 Å². The van der Waals surface area contributed by atoms with Gasteiger partial charge in [0.1, 0.15) is 0 Å². The predicted molar refractivity (Wildman–Crippen MR) is 52.1 cm³/mol. The first-order chi connectivity index (χ1) is 5.79. The van der Waals surface area contributed by atoms with Crippen molar-refractivity contribution < 1.29 is 0 Å². The van der Waals surface area contributed by atoms with Gasteiger partial charge in [0.25, 0.3) is 0 Å². The molecule has 0 spiro atoms. The van der Waals surface area contributed by atoms with Gasteiger partial charge >= 0.3 is 0 Å². The van der Waals surface area contributed by atoms with E-state index >= 15 is 0 Å². The first kappa shape index (κ1) is 8.31. The van der Waals surface area contributed by atoms with Crippen LogP contribution in [0.2, 0.25) is 0 Å². The summed E-state index contributed by atoms with van der Waals surface area (Å²) >= 11 is 0. The monoisotopic (exact) mass is 165 g/mol. The van der Waals surface area contributed by atoms with Crippen molar-refractivity contribution in [3.8, 4) is 0 Å². The molecule has 12 heavy (non-hydrogen) atoms. The number of rotatable bonds is 2. The molecule has 0 aromatic carbocycles. The Morgan fingerprint density at radius 1 is 1.42 bits per heavy atom. The molecule has 1 aliphatic heterocycles. The van der Waals surface area contributed by atoms with E-state index in [9.17, 15) is 0 Å². The second-order valence-electron chi connectivity index (χ2n) is 4.66. The maximum Gasteiger partial charge on any atom is 0.0258 e. The third-order valence-electron chi connectivity index (χ3n) is 3.39. The van der Waals surface area contributed by atoms with Crippen molar-refractivity contribution in [1.29, 1.82) is 0 Å². The highest BCUT2D eigenvalue weighted by molar-refractivity contribution is 5.04. The maximum atomic E-state index is 3.50. The highest BCUT2D eigenvalue weighted by Gasteiger charge is 2.30. The molecule has 1 saturated carbocycles. The van der Waals surface area contributed by atoms with Gasteiger partial charge in [-0.1, -0.05) is 31.9 Å². The minimum atomic E-state index is 0.645. The first-order valence-electron chi connectivity index (χ1n) is 5.19. The van der Waals surface area contributed by atoms with Gasteiger partial charge < -0.3 is 5.32 Å². The van der Waals surface area contributed by atoms with Gasteiger partial charge in [0.2, 0.25) is 0 Å². The standard InChI is InChI=1S/C11H19N/c1-11(6-2-3-7-11)9-10-5-4-8-12-10/h4-5,10,12H,2-3,6-9H2,1H3. The van der Waals surface area contributed by atoms with Crippen LogP contribution in [-0.4, -0.2) is 12.6 Å². The summed E-state index contributed by atoms with van der Waals surface area (Å²) in [6.45, 7) is 3.54. The summed E-state index contributed by atoms with van der Waals surface area (Å²) in [6.07, 6.45) is 11.7. The summed E-state index contributed by atoms with van der Waals surface area (Å²) in [5, 5.41) is 3.50. The van der Waals surface area contributed by atoms with Gasteiger partial charge in [-0.15, -0.1) is 0 Å². The van der Waals surface area contributed by atoms with E-state index in [2.05, 4.69) is 24.4 Å². The van der Waals surface area contributed by atoms with E-state index < -0.39 is 0 Å². The van der Waals surface area contributed by atoms with Gasteiger partial charge in [-0.25, -0.2) is 0 Å². The normalized spacial score (nSPS) is 32.9. The first-order valence-corrected chi connectivity index (χ1v) is 5.19. The SMILES string of the molecule is CC1(CC2C=CCN2)CCCC1. The van der Waals surface area contributed by atoms with Gasteiger partial charge in [0.05, 0.1) is 0 Å². The van der Waals surface area contributed by atoms with Crippen LogP contribution in [0.15, 0.2) is 12.2 Å². The average molecular weight is 165 g/mol. The molecule has 2 rings (SSSR count). The number of hydrogen-bond acceptors (Lipinski definition) is 1. The molecule has 68 valence electrons. The number of hydrogen-bond donors (Lipinski definition) is 1. The zero-order valence-corrected chi connectivity index (χ0v) is 7.97. The molecule has 0 aromatic heterocycles. The Balaban J connectivity index is 1.88. The van der Waals surface area contributed by atoms with Crippen LogP contribution in [0.5, 0.6) is 0 Å². The molecule has 1 unspecified atom stereocenters. The molecule has 0 amide bonds. The lowest BCUT2D eigenvalue weighted by molar-refractivity contribution is 0.285. The van der Waals surface area contributed by atoms with E-state index in [1.165, 1.54) is 32.1 Å². The molecule has 1 heterocycles. The third kappa shape index (κ3) is 1.71. The Hall–Kier alpha value is -0.300. The molecule has 1 nitrogen and oxygen atoms in total. The number of nitrogens with one attached hydrogen (secondary N) is 1. The van der Waals surface area contributed by atoms with Crippen molar-refractivity contribution >= 4 is 0 Å². The minimum absolute atomic E-state index is 0.645. The highest BCUT2D eigenvalue weighted by atomic mass is 14.9. The summed E-state index contributed by atoms with van der Waals surface area (Å²) in [5.41, 5.74) is 0.645. The van der Waals surface area contributed by atoms with E-state index in [0.29, 0.717) is 11.5 Å². The van der Waals surface area contributed by atoms with Crippen molar-refractivity contribution in [3.63, 3.8) is 0 Å². The van der Waals surface area contributed by atoms with Gasteiger partial charge in [-0.3, -0.25) is 0 Å². The fraction of sp³-hybridized carbons (Fsp3) is 0.818. The van der Waals surface area contributed by atoms with Crippen LogP contribution >= 0.6 is 0 Å². The lowest BCUT2D eigenvalue weighted by Crippen LogP contribution is -2.28. The second-order valence-corrected chi connectivity index (χ2v) is 4.66. The van der Waals surface area contributed by atoms with Crippen molar-refractivity contribution in [2.45, 2.75) is 45.1 Å². The molecule has 0 radical (unpaired) electrons. The fourth-order valence-corrected chi connectivity index (χ4v) is 2.62. The average Bonchev–Trinajstić information content (AvgIpc) is 2.62. The highest BCUT2D eigenvalue weighted by Crippen LogP contribution is 2.41. The Kier molecular flexibility index (Phi) is 2.22. The van der Waals surface area contributed by atoms with E-state index in [0.717, 1.165) is 6.54 Å². The van der Waals surface area contributed by atoms with Crippen molar-refractivity contribution in [3.05, 3.63) is 12.2 Å². The molecule has 1 atom stereocenters. The Morgan fingerprint density at radius 3 is 2.75 bits per heavy atom. The zero-order chi connectivity index (χ0) is 8.44. The Labute approximate surface area is 75.2 Å². The smallest absolute Gasteiger partial charge is 0.0258 e. The molecule has 1 aliphatic carbocycles. The van der Waals surface area contributed by atoms with Crippen molar-refractivity contribution in [2.24, 2.45) is 5.41 Å². The summed E-state index contributed by atoms with van der Waals surface area (Å²) in [6, 6.07) is 0.674. The summed E-state index contributed by atoms with van der Waals surface area (Å²) in [5.74, 6) is 0. The largest absolute Gasteiger partial charge is 0.307 e. The van der Waals surface area contributed by atoms with Crippen LogP contribution in [0.3, 0.4) is 0 Å². The maximum absolute atomic E-state index is 3.50. The van der Waals surface area contributed by atoms with Gasteiger partial charge in [-0.2, -0.15) is 0 Å². The third-order valence-corrected chi connectivity index (χ3v) is 3.39. The molecular weight excluding hydrogens is 146 g/mol. The fourth-order valence-electron chi connectivity index (χ4n) is 2.62. The lowest BCUT2D eigenvalue weighted by atomic mass is 9.82. The molecule has 0 aromatic rings. The van der Waals surface area contributed by atoms with Crippen molar-refractivity contribution in [2.75, 3.05) is 6.54 Å². The van der Waals surface area contributed by atoms with Gasteiger partial charge in [0, 0.05) is 12.6 Å².